The maximum atomic E-state index is 13.1. The van der Waals surface area contributed by atoms with E-state index in [0.717, 1.165) is 16.9 Å². The minimum absolute atomic E-state index is 0.0118. The van der Waals surface area contributed by atoms with Crippen molar-refractivity contribution < 1.29 is 9.59 Å². The number of hydrogen-bond donors (Lipinski definition) is 1. The van der Waals surface area contributed by atoms with Gasteiger partial charge in [-0.25, -0.2) is 0 Å². The number of rotatable bonds is 10. The van der Waals surface area contributed by atoms with E-state index in [1.807, 2.05) is 44.2 Å². The first-order valence-corrected chi connectivity index (χ1v) is 11.7. The lowest BCUT2D eigenvalue weighted by Gasteiger charge is -2.29. The predicted molar refractivity (Wildman–Crippen MR) is 126 cm³/mol. The fourth-order valence-electron chi connectivity index (χ4n) is 3.15. The Hall–Kier alpha value is -2.27. The van der Waals surface area contributed by atoms with Crippen LogP contribution in [-0.2, 0) is 21.9 Å². The molecule has 0 spiro atoms. The zero-order chi connectivity index (χ0) is 22.1. The third-order valence-corrected chi connectivity index (χ3v) is 6.00. The van der Waals surface area contributed by atoms with Crippen molar-refractivity contribution in [1.82, 2.24) is 10.2 Å². The maximum absolute atomic E-state index is 13.1. The Labute approximate surface area is 185 Å². The first-order chi connectivity index (χ1) is 14.3. The Morgan fingerprint density at radius 1 is 1.03 bits per heavy atom. The molecule has 5 heteroatoms. The van der Waals surface area contributed by atoms with Crippen LogP contribution in [0.25, 0.3) is 0 Å². The average Bonchev–Trinajstić information content (AvgIpc) is 2.71. The number of thioether (sulfide) groups is 1. The van der Waals surface area contributed by atoms with Crippen molar-refractivity contribution in [1.29, 1.82) is 0 Å². The van der Waals surface area contributed by atoms with Gasteiger partial charge in [-0.3, -0.25) is 9.59 Å². The Morgan fingerprint density at radius 3 is 2.43 bits per heavy atom. The van der Waals surface area contributed by atoms with Gasteiger partial charge in [-0.15, -0.1) is 11.8 Å². The van der Waals surface area contributed by atoms with Gasteiger partial charge in [0, 0.05) is 18.8 Å². The number of carbonyl (C=O) groups is 2. The van der Waals surface area contributed by atoms with E-state index < -0.39 is 6.04 Å². The van der Waals surface area contributed by atoms with Crippen molar-refractivity contribution in [3.05, 3.63) is 70.8 Å². The topological polar surface area (TPSA) is 49.4 Å². The summed E-state index contributed by atoms with van der Waals surface area (Å²) in [6, 6.07) is 15.8. The highest BCUT2D eigenvalue weighted by atomic mass is 32.2. The fourth-order valence-corrected chi connectivity index (χ4v) is 4.13. The molecule has 0 unspecified atom stereocenters. The lowest BCUT2D eigenvalue weighted by Crippen LogP contribution is -2.48. The van der Waals surface area contributed by atoms with Crippen LogP contribution >= 0.6 is 11.8 Å². The summed E-state index contributed by atoms with van der Waals surface area (Å²) in [4.78, 5) is 27.5. The first kappa shape index (κ1) is 24.0. The van der Waals surface area contributed by atoms with Gasteiger partial charge in [0.25, 0.3) is 0 Å². The van der Waals surface area contributed by atoms with Gasteiger partial charge in [0.2, 0.25) is 11.8 Å². The van der Waals surface area contributed by atoms with Gasteiger partial charge in [-0.05, 0) is 43.4 Å². The van der Waals surface area contributed by atoms with E-state index in [4.69, 9.17) is 0 Å². The first-order valence-electron chi connectivity index (χ1n) is 10.5. The van der Waals surface area contributed by atoms with Gasteiger partial charge in [-0.1, -0.05) is 67.9 Å². The van der Waals surface area contributed by atoms with Crippen molar-refractivity contribution in [3.63, 3.8) is 0 Å². The van der Waals surface area contributed by atoms with Crippen LogP contribution in [0.5, 0.6) is 0 Å². The molecule has 0 radical (unpaired) electrons. The van der Waals surface area contributed by atoms with Crippen molar-refractivity contribution in [2.24, 2.45) is 5.92 Å². The molecule has 2 rings (SSSR count). The number of hydrogen-bond acceptors (Lipinski definition) is 3. The molecule has 2 aromatic carbocycles. The smallest absolute Gasteiger partial charge is 0.242 e. The molecule has 0 aromatic heterocycles. The molecule has 2 amide bonds. The van der Waals surface area contributed by atoms with E-state index >= 15 is 0 Å². The second-order valence-corrected chi connectivity index (χ2v) is 9.23. The molecule has 2 aromatic rings. The molecule has 162 valence electrons. The van der Waals surface area contributed by atoms with Crippen LogP contribution in [0.2, 0.25) is 0 Å². The molecule has 1 N–H and O–H groups in total. The molecule has 0 saturated heterocycles. The van der Waals surface area contributed by atoms with E-state index in [0.29, 0.717) is 24.8 Å². The van der Waals surface area contributed by atoms with E-state index in [-0.39, 0.29) is 11.8 Å². The van der Waals surface area contributed by atoms with Crippen LogP contribution < -0.4 is 5.32 Å². The highest BCUT2D eigenvalue weighted by Crippen LogP contribution is 2.18. The largest absolute Gasteiger partial charge is 0.354 e. The Morgan fingerprint density at radius 2 is 1.77 bits per heavy atom. The summed E-state index contributed by atoms with van der Waals surface area (Å²) >= 11 is 1.60. The third-order valence-electron chi connectivity index (χ3n) is 5.03. The molecule has 0 bridgehead atoms. The number of amides is 2. The van der Waals surface area contributed by atoms with Crippen molar-refractivity contribution >= 4 is 23.6 Å². The van der Waals surface area contributed by atoms with Crippen LogP contribution in [0.1, 0.15) is 43.0 Å². The van der Waals surface area contributed by atoms with Crippen LogP contribution in [0.3, 0.4) is 0 Å². The van der Waals surface area contributed by atoms with Gasteiger partial charge in [-0.2, -0.15) is 0 Å². The van der Waals surface area contributed by atoms with E-state index in [1.54, 1.807) is 16.7 Å². The Bertz CT molecular complexity index is 851. The summed E-state index contributed by atoms with van der Waals surface area (Å²) in [5, 5.41) is 2.96. The molecular weight excluding hydrogens is 392 g/mol. The lowest BCUT2D eigenvalue weighted by atomic mass is 10.1. The average molecular weight is 427 g/mol. The van der Waals surface area contributed by atoms with Gasteiger partial charge >= 0.3 is 0 Å². The highest BCUT2D eigenvalue weighted by molar-refractivity contribution is 7.99. The SMILES string of the molecule is Cc1cccc(CN(C(=O)CSCc2ccccc2C)[C@H](C)C(=O)NCC(C)C)c1. The molecule has 0 saturated carbocycles. The van der Waals surface area contributed by atoms with Crippen LogP contribution in [0, 0.1) is 19.8 Å². The number of nitrogens with one attached hydrogen (secondary N) is 1. The molecule has 0 fully saturated rings. The number of nitrogens with zero attached hydrogens (tertiary/aromatic N) is 1. The van der Waals surface area contributed by atoms with Gasteiger partial charge in [0.15, 0.2) is 0 Å². The lowest BCUT2D eigenvalue weighted by molar-refractivity contribution is -0.138. The number of aryl methyl sites for hydroxylation is 2. The summed E-state index contributed by atoms with van der Waals surface area (Å²) in [7, 11) is 0. The second-order valence-electron chi connectivity index (χ2n) is 8.24. The molecule has 30 heavy (non-hydrogen) atoms. The molecule has 0 heterocycles. The monoisotopic (exact) mass is 426 g/mol. The van der Waals surface area contributed by atoms with E-state index in [2.05, 4.69) is 44.3 Å². The molecule has 0 aliphatic carbocycles. The zero-order valence-corrected chi connectivity index (χ0v) is 19.6. The third kappa shape index (κ3) is 7.52. The Balaban J connectivity index is 2.07. The standard InChI is InChI=1S/C25H34N2O2S/c1-18(2)14-26-25(29)21(5)27(15-22-11-8-9-19(3)13-22)24(28)17-30-16-23-12-7-6-10-20(23)4/h6-13,18,21H,14-17H2,1-5H3,(H,26,29)/t21-/m1/s1. The highest BCUT2D eigenvalue weighted by Gasteiger charge is 2.26. The van der Waals surface area contributed by atoms with Crippen LogP contribution in [0.15, 0.2) is 48.5 Å². The number of benzene rings is 2. The van der Waals surface area contributed by atoms with Crippen molar-refractivity contribution in [3.8, 4) is 0 Å². The fraction of sp³-hybridized carbons (Fsp3) is 0.440. The Kier molecular flexibility index (Phi) is 9.44. The van der Waals surface area contributed by atoms with E-state index in [1.165, 1.54) is 11.1 Å². The predicted octanol–water partition coefficient (Wildman–Crippen LogP) is 4.73. The van der Waals surface area contributed by atoms with E-state index in [9.17, 15) is 9.59 Å². The summed E-state index contributed by atoms with van der Waals surface area (Å²) in [5.74, 6) is 1.38. The maximum Gasteiger partial charge on any atom is 0.242 e. The number of carbonyl (C=O) groups excluding carboxylic acids is 2. The molecule has 1 atom stereocenters. The molecule has 0 aliphatic heterocycles. The summed E-state index contributed by atoms with van der Waals surface area (Å²) in [6.07, 6.45) is 0. The van der Waals surface area contributed by atoms with Crippen LogP contribution in [-0.4, -0.2) is 35.1 Å². The van der Waals surface area contributed by atoms with Gasteiger partial charge < -0.3 is 10.2 Å². The molecule has 0 aliphatic rings. The van der Waals surface area contributed by atoms with Gasteiger partial charge in [0.05, 0.1) is 5.75 Å². The minimum atomic E-state index is -0.518. The zero-order valence-electron chi connectivity index (χ0n) is 18.8. The second kappa shape index (κ2) is 11.8. The van der Waals surface area contributed by atoms with Gasteiger partial charge in [0.1, 0.15) is 6.04 Å². The molecular formula is C25H34N2O2S. The van der Waals surface area contributed by atoms with Crippen molar-refractivity contribution in [2.75, 3.05) is 12.3 Å². The molecule has 4 nitrogen and oxygen atoms in total. The minimum Gasteiger partial charge on any atom is -0.354 e. The normalized spacial score (nSPS) is 11.9. The van der Waals surface area contributed by atoms with Crippen molar-refractivity contribution in [2.45, 2.75) is 53.0 Å². The quantitative estimate of drug-likeness (QED) is 0.598. The summed E-state index contributed by atoms with van der Waals surface area (Å²) in [5.41, 5.74) is 4.65. The summed E-state index contributed by atoms with van der Waals surface area (Å²) in [6.45, 7) is 11.1. The summed E-state index contributed by atoms with van der Waals surface area (Å²) < 4.78 is 0. The van der Waals surface area contributed by atoms with Crippen LogP contribution in [0.4, 0.5) is 0 Å².